The fourth-order valence-electron chi connectivity index (χ4n) is 1.64. The Hall–Kier alpha value is -1.81. The van der Waals surface area contributed by atoms with Gasteiger partial charge in [0, 0.05) is 4.47 Å². The molecule has 0 aromatic heterocycles. The average molecular weight is 305 g/mol. The topological polar surface area (TPSA) is 55.1 Å². The fourth-order valence-corrected chi connectivity index (χ4v) is 2.08. The van der Waals surface area contributed by atoms with Crippen molar-refractivity contribution in [3.8, 4) is 0 Å². The molecule has 0 spiro atoms. The number of nitrogens with two attached hydrogens (primary N) is 1. The predicted molar refractivity (Wildman–Crippen MR) is 77.3 cm³/mol. The van der Waals surface area contributed by atoms with Crippen LogP contribution in [0.5, 0.6) is 0 Å². The molecule has 2 rings (SSSR count). The maximum Gasteiger partial charge on any atom is 0.228 e. The molecule has 2 aromatic rings. The summed E-state index contributed by atoms with van der Waals surface area (Å²) in [7, 11) is 0. The second kappa shape index (κ2) is 5.69. The zero-order valence-electron chi connectivity index (χ0n) is 9.69. The molecule has 3 N–H and O–H groups in total. The van der Waals surface area contributed by atoms with Crippen molar-refractivity contribution >= 4 is 33.2 Å². The number of hydrogen-bond donors (Lipinski definition) is 2. The van der Waals surface area contributed by atoms with Crippen molar-refractivity contribution in [2.24, 2.45) is 0 Å². The minimum atomic E-state index is -0.0778. The van der Waals surface area contributed by atoms with Crippen molar-refractivity contribution in [2.75, 3.05) is 11.1 Å². The average Bonchev–Trinajstić information content (AvgIpc) is 2.32. The first-order valence-corrected chi connectivity index (χ1v) is 6.33. The van der Waals surface area contributed by atoms with Gasteiger partial charge in [-0.3, -0.25) is 4.79 Å². The number of rotatable bonds is 3. The van der Waals surface area contributed by atoms with Gasteiger partial charge < -0.3 is 11.1 Å². The van der Waals surface area contributed by atoms with Crippen LogP contribution in [0.4, 0.5) is 11.4 Å². The van der Waals surface area contributed by atoms with E-state index < -0.39 is 0 Å². The summed E-state index contributed by atoms with van der Waals surface area (Å²) in [5.41, 5.74) is 7.94. The molecule has 0 aliphatic rings. The van der Waals surface area contributed by atoms with Crippen LogP contribution in [-0.4, -0.2) is 5.91 Å². The molecule has 0 radical (unpaired) electrons. The summed E-state index contributed by atoms with van der Waals surface area (Å²) in [6.07, 6.45) is 0.327. The molecular formula is C14H13BrN2O. The molecule has 0 aliphatic heterocycles. The number of carbonyl (C=O) groups excluding carboxylic acids is 1. The molecule has 92 valence electrons. The number of para-hydroxylation sites is 2. The van der Waals surface area contributed by atoms with Gasteiger partial charge in [-0.2, -0.15) is 0 Å². The maximum atomic E-state index is 11.9. The van der Waals surface area contributed by atoms with Gasteiger partial charge >= 0.3 is 0 Å². The van der Waals surface area contributed by atoms with Gasteiger partial charge in [-0.05, 0) is 29.8 Å². The van der Waals surface area contributed by atoms with Crippen molar-refractivity contribution in [1.29, 1.82) is 0 Å². The van der Waals surface area contributed by atoms with E-state index in [4.69, 9.17) is 5.73 Å². The summed E-state index contributed by atoms with van der Waals surface area (Å²) in [5.74, 6) is -0.0778. The van der Waals surface area contributed by atoms with Crippen molar-refractivity contribution in [2.45, 2.75) is 6.42 Å². The maximum absolute atomic E-state index is 11.9. The van der Waals surface area contributed by atoms with Crippen LogP contribution in [0.15, 0.2) is 53.0 Å². The van der Waals surface area contributed by atoms with Crippen LogP contribution in [0, 0.1) is 0 Å². The molecule has 2 aromatic carbocycles. The molecule has 1 amide bonds. The van der Waals surface area contributed by atoms with Crippen molar-refractivity contribution < 1.29 is 4.79 Å². The van der Waals surface area contributed by atoms with Gasteiger partial charge in [0.05, 0.1) is 17.8 Å². The van der Waals surface area contributed by atoms with Crippen LogP contribution in [0.1, 0.15) is 5.56 Å². The van der Waals surface area contributed by atoms with Crippen LogP contribution in [-0.2, 0) is 11.2 Å². The van der Waals surface area contributed by atoms with Crippen molar-refractivity contribution in [3.05, 3.63) is 58.6 Å². The van der Waals surface area contributed by atoms with Gasteiger partial charge in [0.2, 0.25) is 5.91 Å². The number of nitrogens with one attached hydrogen (secondary N) is 1. The Bertz CT molecular complexity index is 569. The van der Waals surface area contributed by atoms with Crippen molar-refractivity contribution in [1.82, 2.24) is 0 Å². The van der Waals surface area contributed by atoms with Crippen LogP contribution in [0.2, 0.25) is 0 Å². The van der Waals surface area contributed by atoms with Gasteiger partial charge in [-0.15, -0.1) is 0 Å². The first-order valence-electron chi connectivity index (χ1n) is 5.54. The quantitative estimate of drug-likeness (QED) is 0.856. The molecule has 0 heterocycles. The van der Waals surface area contributed by atoms with E-state index in [2.05, 4.69) is 21.2 Å². The third-order valence-corrected chi connectivity index (χ3v) is 2.98. The van der Waals surface area contributed by atoms with E-state index in [1.54, 1.807) is 12.1 Å². The lowest BCUT2D eigenvalue weighted by Crippen LogP contribution is -2.15. The largest absolute Gasteiger partial charge is 0.397 e. The lowest BCUT2D eigenvalue weighted by Gasteiger charge is -2.07. The Morgan fingerprint density at radius 3 is 2.67 bits per heavy atom. The van der Waals surface area contributed by atoms with E-state index in [9.17, 15) is 4.79 Å². The van der Waals surface area contributed by atoms with Crippen LogP contribution < -0.4 is 11.1 Å². The minimum absolute atomic E-state index is 0.0778. The number of benzene rings is 2. The highest BCUT2D eigenvalue weighted by molar-refractivity contribution is 9.10. The first kappa shape index (κ1) is 12.6. The van der Waals surface area contributed by atoms with Crippen LogP contribution in [0.25, 0.3) is 0 Å². The van der Waals surface area contributed by atoms with E-state index in [1.165, 1.54) is 0 Å². The van der Waals surface area contributed by atoms with E-state index in [0.717, 1.165) is 10.0 Å². The number of halogens is 1. The zero-order valence-corrected chi connectivity index (χ0v) is 11.3. The fraction of sp³-hybridized carbons (Fsp3) is 0.0714. The Labute approximate surface area is 114 Å². The summed E-state index contributed by atoms with van der Waals surface area (Å²) >= 11 is 3.38. The molecule has 0 unspecified atom stereocenters. The number of amides is 1. The Balaban J connectivity index is 2.03. The lowest BCUT2D eigenvalue weighted by atomic mass is 10.1. The second-order valence-corrected chi connectivity index (χ2v) is 4.86. The van der Waals surface area contributed by atoms with E-state index in [-0.39, 0.29) is 5.91 Å². The standard InChI is InChI=1S/C14H13BrN2O/c15-11-5-3-4-10(8-11)9-14(18)17-13-7-2-1-6-12(13)16/h1-8H,9,16H2,(H,17,18). The molecule has 0 bridgehead atoms. The molecule has 0 saturated heterocycles. The third-order valence-electron chi connectivity index (χ3n) is 2.49. The van der Waals surface area contributed by atoms with Crippen LogP contribution in [0.3, 0.4) is 0 Å². The Kier molecular flexibility index (Phi) is 3.99. The summed E-state index contributed by atoms with van der Waals surface area (Å²) in [6.45, 7) is 0. The summed E-state index contributed by atoms with van der Waals surface area (Å²) in [4.78, 5) is 11.9. The van der Waals surface area contributed by atoms with Gasteiger partial charge in [0.1, 0.15) is 0 Å². The number of nitrogen functional groups attached to an aromatic ring is 1. The molecule has 0 atom stereocenters. The molecule has 0 aliphatic carbocycles. The monoisotopic (exact) mass is 304 g/mol. The molecule has 0 fully saturated rings. The number of hydrogen-bond acceptors (Lipinski definition) is 2. The first-order chi connectivity index (χ1) is 8.65. The predicted octanol–water partition coefficient (Wildman–Crippen LogP) is 3.21. The van der Waals surface area contributed by atoms with Gasteiger partial charge in [0.25, 0.3) is 0 Å². The Morgan fingerprint density at radius 2 is 1.94 bits per heavy atom. The Morgan fingerprint density at radius 1 is 1.17 bits per heavy atom. The highest BCUT2D eigenvalue weighted by Gasteiger charge is 2.06. The lowest BCUT2D eigenvalue weighted by molar-refractivity contribution is -0.115. The summed E-state index contributed by atoms with van der Waals surface area (Å²) < 4.78 is 0.965. The normalized spacial score (nSPS) is 10.1. The summed E-state index contributed by atoms with van der Waals surface area (Å²) in [6, 6.07) is 14.9. The zero-order chi connectivity index (χ0) is 13.0. The van der Waals surface area contributed by atoms with Gasteiger partial charge in [0.15, 0.2) is 0 Å². The summed E-state index contributed by atoms with van der Waals surface area (Å²) in [5, 5.41) is 2.80. The highest BCUT2D eigenvalue weighted by Crippen LogP contribution is 2.17. The van der Waals surface area contributed by atoms with Gasteiger partial charge in [-0.25, -0.2) is 0 Å². The molecule has 3 nitrogen and oxygen atoms in total. The minimum Gasteiger partial charge on any atom is -0.397 e. The number of carbonyl (C=O) groups is 1. The van der Waals surface area contributed by atoms with E-state index in [1.807, 2.05) is 36.4 Å². The van der Waals surface area contributed by atoms with Crippen molar-refractivity contribution in [3.63, 3.8) is 0 Å². The molecular weight excluding hydrogens is 292 g/mol. The third kappa shape index (κ3) is 3.34. The smallest absolute Gasteiger partial charge is 0.228 e. The SMILES string of the molecule is Nc1ccccc1NC(=O)Cc1cccc(Br)c1. The van der Waals surface area contributed by atoms with E-state index in [0.29, 0.717) is 17.8 Å². The van der Waals surface area contributed by atoms with Gasteiger partial charge in [-0.1, -0.05) is 40.2 Å². The van der Waals surface area contributed by atoms with E-state index >= 15 is 0 Å². The number of anilines is 2. The highest BCUT2D eigenvalue weighted by atomic mass is 79.9. The molecule has 18 heavy (non-hydrogen) atoms. The molecule has 4 heteroatoms. The molecule has 0 saturated carbocycles. The van der Waals surface area contributed by atoms with Crippen LogP contribution >= 0.6 is 15.9 Å². The second-order valence-electron chi connectivity index (χ2n) is 3.94.